The molecule has 8 atom stereocenters. The zero-order valence-electron chi connectivity index (χ0n) is 17.3. The average Bonchev–Trinajstić information content (AvgIpc) is 3.02. The van der Waals surface area contributed by atoms with Crippen LogP contribution in [0.4, 0.5) is 0 Å². The van der Waals surface area contributed by atoms with Gasteiger partial charge >= 0.3 is 0 Å². The summed E-state index contributed by atoms with van der Waals surface area (Å²) < 4.78 is 11.8. The Hall–Kier alpha value is -0.850. The molecule has 0 heterocycles. The zero-order valence-corrected chi connectivity index (χ0v) is 17.3. The van der Waals surface area contributed by atoms with Crippen molar-refractivity contribution in [1.29, 1.82) is 0 Å². The molecule has 4 aliphatic carbocycles. The van der Waals surface area contributed by atoms with Crippen molar-refractivity contribution in [3.05, 3.63) is 11.8 Å². The Morgan fingerprint density at radius 3 is 2.56 bits per heavy atom. The molecule has 150 valence electrons. The van der Waals surface area contributed by atoms with E-state index in [1.807, 2.05) is 26.2 Å². The molecule has 0 aromatic rings. The lowest BCUT2D eigenvalue weighted by atomic mass is 9.43. The molecule has 0 spiro atoms. The maximum Gasteiger partial charge on any atom is 0.176 e. The van der Waals surface area contributed by atoms with Crippen molar-refractivity contribution in [3.63, 3.8) is 0 Å². The lowest BCUT2D eigenvalue weighted by molar-refractivity contribution is -0.161. The van der Waals surface area contributed by atoms with Crippen LogP contribution in [-0.4, -0.2) is 32.9 Å². The van der Waals surface area contributed by atoms with Gasteiger partial charge in [-0.1, -0.05) is 13.3 Å². The van der Waals surface area contributed by atoms with E-state index in [1.165, 1.54) is 57.8 Å². The molecule has 3 heteroatoms. The maximum atomic E-state index is 10.8. The van der Waals surface area contributed by atoms with E-state index < -0.39 is 0 Å². The minimum absolute atomic E-state index is 0.286. The van der Waals surface area contributed by atoms with Crippen LogP contribution in [0.3, 0.4) is 0 Å². The van der Waals surface area contributed by atoms with Crippen LogP contribution in [0.25, 0.3) is 0 Å². The first-order valence-corrected chi connectivity index (χ1v) is 11.1. The average molecular weight is 373 g/mol. The first-order chi connectivity index (χ1) is 13.1. The van der Waals surface area contributed by atoms with Crippen molar-refractivity contribution in [2.45, 2.75) is 70.8 Å². The molecule has 4 saturated carbocycles. The van der Waals surface area contributed by atoms with Crippen LogP contribution < -0.4 is 0 Å². The largest absolute Gasteiger partial charge is 0.384 e. The van der Waals surface area contributed by atoms with E-state index in [1.54, 1.807) is 0 Å². The molecule has 0 N–H and O–H groups in total. The summed E-state index contributed by atoms with van der Waals surface area (Å²) in [7, 11) is 3.79. The molecular weight excluding hydrogens is 336 g/mol. The maximum absolute atomic E-state index is 10.8. The summed E-state index contributed by atoms with van der Waals surface area (Å²) in [6, 6.07) is 0. The minimum Gasteiger partial charge on any atom is -0.384 e. The molecule has 0 bridgehead atoms. The number of fused-ring (bicyclic) bond motifs is 5. The van der Waals surface area contributed by atoms with Crippen LogP contribution >= 0.6 is 0 Å². The summed E-state index contributed by atoms with van der Waals surface area (Å²) in [5.74, 6) is 5.36. The van der Waals surface area contributed by atoms with Crippen molar-refractivity contribution in [3.8, 4) is 0 Å². The predicted octanol–water partition coefficient (Wildman–Crippen LogP) is 4.83. The third-order valence-corrected chi connectivity index (χ3v) is 9.39. The standard InChI is InChI=1S/C24H36O3/c1-23-14-12-21-18(20(23)10-11-22(23)27-3)8-9-19-17(7-5-15-25)6-4-13-24(19,21)16-26-2/h7,17-22H,4,6,8-14,16H2,1-3H3/t17?,18-,19?,20-,21-,22-,23-,24+/m0/s1. The van der Waals surface area contributed by atoms with Crippen LogP contribution in [0.15, 0.2) is 11.8 Å². The van der Waals surface area contributed by atoms with E-state index in [-0.39, 0.29) is 5.41 Å². The summed E-state index contributed by atoms with van der Waals surface area (Å²) in [5.41, 5.74) is 3.40. The van der Waals surface area contributed by atoms with Crippen molar-refractivity contribution < 1.29 is 14.3 Å². The fraction of sp³-hybridized carbons (Fsp3) is 0.875. The minimum atomic E-state index is 0.286. The smallest absolute Gasteiger partial charge is 0.176 e. The van der Waals surface area contributed by atoms with Crippen molar-refractivity contribution in [2.75, 3.05) is 20.8 Å². The number of hydrogen-bond acceptors (Lipinski definition) is 3. The monoisotopic (exact) mass is 372 g/mol. The molecule has 4 fully saturated rings. The highest BCUT2D eigenvalue weighted by Crippen LogP contribution is 2.67. The molecule has 4 rings (SSSR count). The van der Waals surface area contributed by atoms with Crippen LogP contribution in [0, 0.1) is 40.4 Å². The lowest BCUT2D eigenvalue weighted by Crippen LogP contribution is -2.57. The number of methoxy groups -OCH3 is 2. The van der Waals surface area contributed by atoms with Crippen molar-refractivity contribution in [1.82, 2.24) is 0 Å². The highest BCUT2D eigenvalue weighted by Gasteiger charge is 2.62. The van der Waals surface area contributed by atoms with Gasteiger partial charge in [0.05, 0.1) is 12.7 Å². The Morgan fingerprint density at radius 1 is 1.00 bits per heavy atom. The summed E-state index contributed by atoms with van der Waals surface area (Å²) >= 11 is 0. The van der Waals surface area contributed by atoms with Crippen molar-refractivity contribution in [2.24, 2.45) is 40.4 Å². The first kappa shape index (κ1) is 19.5. The van der Waals surface area contributed by atoms with Gasteiger partial charge in [-0.05, 0) is 98.2 Å². The summed E-state index contributed by atoms with van der Waals surface area (Å²) in [5, 5.41) is 0. The second kappa shape index (κ2) is 7.53. The fourth-order valence-electron chi connectivity index (χ4n) is 8.45. The molecule has 2 unspecified atom stereocenters. The topological polar surface area (TPSA) is 35.5 Å². The fourth-order valence-corrected chi connectivity index (χ4v) is 8.45. The van der Waals surface area contributed by atoms with E-state index in [2.05, 4.69) is 12.7 Å². The molecular formula is C24H36O3. The Labute approximate surface area is 164 Å². The number of carbonyl (C=O) groups excluding carboxylic acids is 1. The molecule has 0 amide bonds. The van der Waals surface area contributed by atoms with Gasteiger partial charge in [0.2, 0.25) is 0 Å². The SMILES string of the molecule is COC[C@]12CCCC(C=C=C=O)C1CC[C@@H]1[C@@H]2CC[C@]2(C)[C@@H](OC)CC[C@@H]12. The summed E-state index contributed by atoms with van der Waals surface area (Å²) in [6.45, 7) is 3.39. The van der Waals surface area contributed by atoms with E-state index in [0.29, 0.717) is 23.4 Å². The zero-order chi connectivity index (χ0) is 19.1. The van der Waals surface area contributed by atoms with Gasteiger partial charge < -0.3 is 9.47 Å². The van der Waals surface area contributed by atoms with Gasteiger partial charge in [0.15, 0.2) is 5.94 Å². The Morgan fingerprint density at radius 2 is 1.81 bits per heavy atom. The van der Waals surface area contributed by atoms with Crippen LogP contribution in [-0.2, 0) is 14.3 Å². The van der Waals surface area contributed by atoms with Crippen LogP contribution in [0.5, 0.6) is 0 Å². The van der Waals surface area contributed by atoms with E-state index in [0.717, 1.165) is 24.4 Å². The highest BCUT2D eigenvalue weighted by atomic mass is 16.5. The third-order valence-electron chi connectivity index (χ3n) is 9.39. The highest BCUT2D eigenvalue weighted by molar-refractivity contribution is 5.43. The van der Waals surface area contributed by atoms with Gasteiger partial charge in [-0.25, -0.2) is 4.79 Å². The number of rotatable bonds is 4. The lowest BCUT2D eigenvalue weighted by Gasteiger charge is -2.62. The molecule has 4 aliphatic rings. The second-order valence-corrected chi connectivity index (χ2v) is 10.0. The quantitative estimate of drug-likeness (QED) is 0.524. The van der Waals surface area contributed by atoms with Gasteiger partial charge in [-0.3, -0.25) is 0 Å². The van der Waals surface area contributed by atoms with E-state index in [9.17, 15) is 4.79 Å². The number of ether oxygens (including phenoxy) is 2. The van der Waals surface area contributed by atoms with Crippen molar-refractivity contribution >= 4 is 5.94 Å². The van der Waals surface area contributed by atoms with Crippen LogP contribution in [0.1, 0.15) is 64.7 Å². The Kier molecular flexibility index (Phi) is 5.43. The summed E-state index contributed by atoms with van der Waals surface area (Å²) in [6.07, 6.45) is 14.0. The number of allylic oxidation sites excluding steroid dienone is 1. The Balaban J connectivity index is 1.67. The molecule has 0 saturated heterocycles. The van der Waals surface area contributed by atoms with E-state index >= 15 is 0 Å². The van der Waals surface area contributed by atoms with Gasteiger partial charge in [-0.15, -0.1) is 0 Å². The molecule has 0 aromatic carbocycles. The van der Waals surface area contributed by atoms with Gasteiger partial charge in [-0.2, -0.15) is 0 Å². The molecule has 0 aromatic heterocycles. The van der Waals surface area contributed by atoms with Gasteiger partial charge in [0, 0.05) is 19.6 Å². The molecule has 0 aliphatic heterocycles. The van der Waals surface area contributed by atoms with E-state index in [4.69, 9.17) is 9.47 Å². The third kappa shape index (κ3) is 2.90. The molecule has 27 heavy (non-hydrogen) atoms. The Bertz CT molecular complexity index is 628. The second-order valence-electron chi connectivity index (χ2n) is 10.0. The van der Waals surface area contributed by atoms with Crippen LogP contribution in [0.2, 0.25) is 0 Å². The summed E-state index contributed by atoms with van der Waals surface area (Å²) in [4.78, 5) is 10.8. The first-order valence-electron chi connectivity index (χ1n) is 11.1. The normalized spacial score (nSPS) is 48.6. The van der Waals surface area contributed by atoms with Gasteiger partial charge in [0.1, 0.15) is 0 Å². The molecule has 0 radical (unpaired) electrons. The predicted molar refractivity (Wildman–Crippen MR) is 106 cm³/mol. The van der Waals surface area contributed by atoms with Gasteiger partial charge in [0.25, 0.3) is 0 Å². The number of hydrogen-bond donors (Lipinski definition) is 0. The molecule has 3 nitrogen and oxygen atoms in total.